The zero-order valence-electron chi connectivity index (χ0n) is 16.8. The Morgan fingerprint density at radius 3 is 2.42 bits per heavy atom. The highest BCUT2D eigenvalue weighted by Gasteiger charge is 2.09. The third-order valence-corrected chi connectivity index (χ3v) is 4.26. The van der Waals surface area contributed by atoms with Gasteiger partial charge in [0.15, 0.2) is 18.2 Å². The van der Waals surface area contributed by atoms with Crippen LogP contribution in [0.1, 0.15) is 5.56 Å². The maximum absolute atomic E-state index is 13.7. The largest absolute Gasteiger partial charge is 0.494 e. The van der Waals surface area contributed by atoms with Gasteiger partial charge in [0.05, 0.1) is 7.11 Å². The predicted molar refractivity (Wildman–Crippen MR) is 116 cm³/mol. The number of methoxy groups -OCH3 is 1. The standard InChI is InChI=1S/C24H21FN2O4/c1-30-22-13-11-17(15-20(22)25)12-14-23(28)26-27-24(29)16-31-21-10-6-5-9-19(21)18-7-3-2-4-8-18/h2-15H,16H2,1H3,(H,26,28)(H,27,29)/b14-12+. The van der Waals surface area contributed by atoms with Gasteiger partial charge in [-0.15, -0.1) is 0 Å². The van der Waals surface area contributed by atoms with Crippen LogP contribution in [0.15, 0.2) is 78.9 Å². The molecule has 0 unspecified atom stereocenters. The highest BCUT2D eigenvalue weighted by molar-refractivity contribution is 5.93. The number of amides is 2. The summed E-state index contributed by atoms with van der Waals surface area (Å²) >= 11 is 0. The van der Waals surface area contributed by atoms with Crippen LogP contribution in [0.2, 0.25) is 0 Å². The van der Waals surface area contributed by atoms with Gasteiger partial charge in [-0.25, -0.2) is 4.39 Å². The lowest BCUT2D eigenvalue weighted by atomic mass is 10.1. The molecule has 0 fully saturated rings. The van der Waals surface area contributed by atoms with Crippen molar-refractivity contribution < 1.29 is 23.5 Å². The fraction of sp³-hybridized carbons (Fsp3) is 0.0833. The van der Waals surface area contributed by atoms with Crippen LogP contribution in [0.3, 0.4) is 0 Å². The summed E-state index contributed by atoms with van der Waals surface area (Å²) in [5.74, 6) is -0.972. The average molecular weight is 420 g/mol. The number of carbonyl (C=O) groups excluding carboxylic acids is 2. The number of rotatable bonds is 7. The Labute approximate surface area is 179 Å². The minimum absolute atomic E-state index is 0.114. The van der Waals surface area contributed by atoms with Crippen molar-refractivity contribution in [1.82, 2.24) is 10.9 Å². The lowest BCUT2D eigenvalue weighted by Crippen LogP contribution is -2.43. The van der Waals surface area contributed by atoms with E-state index in [4.69, 9.17) is 9.47 Å². The molecule has 0 aliphatic heterocycles. The quantitative estimate of drug-likeness (QED) is 0.451. The summed E-state index contributed by atoms with van der Waals surface area (Å²) in [7, 11) is 1.37. The highest BCUT2D eigenvalue weighted by atomic mass is 19.1. The van der Waals surface area contributed by atoms with Gasteiger partial charge in [-0.1, -0.05) is 54.6 Å². The molecule has 0 atom stereocenters. The molecule has 0 saturated heterocycles. The molecule has 3 aromatic carbocycles. The molecule has 0 bridgehead atoms. The summed E-state index contributed by atoms with van der Waals surface area (Å²) < 4.78 is 24.1. The minimum Gasteiger partial charge on any atom is -0.494 e. The van der Waals surface area contributed by atoms with Gasteiger partial charge in [-0.05, 0) is 35.4 Å². The van der Waals surface area contributed by atoms with Crippen molar-refractivity contribution in [3.63, 3.8) is 0 Å². The fourth-order valence-corrected chi connectivity index (χ4v) is 2.76. The van der Waals surface area contributed by atoms with Crippen molar-refractivity contribution in [2.45, 2.75) is 0 Å². The maximum Gasteiger partial charge on any atom is 0.276 e. The number of hydrogen-bond acceptors (Lipinski definition) is 4. The molecule has 0 spiro atoms. The molecule has 0 aromatic heterocycles. The molecule has 158 valence electrons. The minimum atomic E-state index is -0.575. The molecule has 0 radical (unpaired) electrons. The SMILES string of the molecule is COc1ccc(/C=C/C(=O)NNC(=O)COc2ccccc2-c2ccccc2)cc1F. The first-order chi connectivity index (χ1) is 15.1. The number of nitrogens with one attached hydrogen (secondary N) is 2. The molecule has 3 rings (SSSR count). The van der Waals surface area contributed by atoms with Gasteiger partial charge in [0.1, 0.15) is 5.75 Å². The maximum atomic E-state index is 13.7. The molecule has 3 aromatic rings. The molecular weight excluding hydrogens is 399 g/mol. The van der Waals surface area contributed by atoms with E-state index in [0.29, 0.717) is 11.3 Å². The third-order valence-electron chi connectivity index (χ3n) is 4.26. The van der Waals surface area contributed by atoms with Crippen molar-refractivity contribution in [1.29, 1.82) is 0 Å². The fourth-order valence-electron chi connectivity index (χ4n) is 2.76. The Kier molecular flexibility index (Phi) is 7.37. The Morgan fingerprint density at radius 2 is 1.68 bits per heavy atom. The van der Waals surface area contributed by atoms with Gasteiger partial charge in [0.2, 0.25) is 0 Å². The van der Waals surface area contributed by atoms with Crippen molar-refractivity contribution >= 4 is 17.9 Å². The van der Waals surface area contributed by atoms with E-state index in [0.717, 1.165) is 11.1 Å². The van der Waals surface area contributed by atoms with Crippen LogP contribution in [-0.4, -0.2) is 25.5 Å². The van der Waals surface area contributed by atoms with E-state index in [1.807, 2.05) is 48.5 Å². The van der Waals surface area contributed by atoms with Crippen LogP contribution in [0.4, 0.5) is 4.39 Å². The molecule has 7 heteroatoms. The Morgan fingerprint density at radius 1 is 0.935 bits per heavy atom. The number of benzene rings is 3. The molecular formula is C24H21FN2O4. The average Bonchev–Trinajstić information content (AvgIpc) is 2.81. The molecule has 0 aliphatic carbocycles. The second-order valence-electron chi connectivity index (χ2n) is 6.42. The Hall–Kier alpha value is -4.13. The summed E-state index contributed by atoms with van der Waals surface area (Å²) in [6, 6.07) is 21.3. The van der Waals surface area contributed by atoms with Crippen LogP contribution in [0.5, 0.6) is 11.5 Å². The number of halogens is 1. The van der Waals surface area contributed by atoms with Crippen LogP contribution < -0.4 is 20.3 Å². The number of hydrazine groups is 1. The van der Waals surface area contributed by atoms with Crippen molar-refractivity contribution in [2.75, 3.05) is 13.7 Å². The molecule has 0 aliphatic rings. The summed E-state index contributed by atoms with van der Waals surface area (Å²) in [5, 5.41) is 0. The number of para-hydroxylation sites is 1. The normalized spacial score (nSPS) is 10.5. The van der Waals surface area contributed by atoms with Crippen LogP contribution in [-0.2, 0) is 9.59 Å². The highest BCUT2D eigenvalue weighted by Crippen LogP contribution is 2.29. The third kappa shape index (κ3) is 6.17. The molecule has 0 heterocycles. The summed E-state index contributed by atoms with van der Waals surface area (Å²) in [4.78, 5) is 23.9. The van der Waals surface area contributed by atoms with Gasteiger partial charge < -0.3 is 9.47 Å². The number of hydrogen-bond donors (Lipinski definition) is 2. The first-order valence-corrected chi connectivity index (χ1v) is 9.44. The first-order valence-electron chi connectivity index (χ1n) is 9.44. The summed E-state index contributed by atoms with van der Waals surface area (Å²) in [6.07, 6.45) is 2.59. The van der Waals surface area contributed by atoms with E-state index in [1.165, 1.54) is 31.4 Å². The van der Waals surface area contributed by atoms with E-state index >= 15 is 0 Å². The monoisotopic (exact) mass is 420 g/mol. The van der Waals surface area contributed by atoms with Gasteiger partial charge in [-0.2, -0.15) is 0 Å². The van der Waals surface area contributed by atoms with Gasteiger partial charge in [-0.3, -0.25) is 20.4 Å². The molecule has 0 saturated carbocycles. The van der Waals surface area contributed by atoms with Crippen LogP contribution in [0.25, 0.3) is 17.2 Å². The van der Waals surface area contributed by atoms with Crippen LogP contribution in [0, 0.1) is 5.82 Å². The summed E-state index contributed by atoms with van der Waals surface area (Å²) in [6.45, 7) is -0.280. The lowest BCUT2D eigenvalue weighted by molar-refractivity contribution is -0.128. The van der Waals surface area contributed by atoms with Crippen molar-refractivity contribution in [2.24, 2.45) is 0 Å². The van der Waals surface area contributed by atoms with E-state index in [1.54, 1.807) is 12.1 Å². The van der Waals surface area contributed by atoms with E-state index in [-0.39, 0.29) is 12.4 Å². The van der Waals surface area contributed by atoms with E-state index in [2.05, 4.69) is 10.9 Å². The lowest BCUT2D eigenvalue weighted by Gasteiger charge is -2.12. The Bertz CT molecular complexity index is 1080. The second kappa shape index (κ2) is 10.6. The number of ether oxygens (including phenoxy) is 2. The smallest absolute Gasteiger partial charge is 0.276 e. The topological polar surface area (TPSA) is 76.7 Å². The molecule has 2 amide bonds. The van der Waals surface area contributed by atoms with Gasteiger partial charge in [0.25, 0.3) is 11.8 Å². The number of carbonyl (C=O) groups is 2. The van der Waals surface area contributed by atoms with Crippen molar-refractivity contribution in [3.8, 4) is 22.6 Å². The van der Waals surface area contributed by atoms with E-state index < -0.39 is 17.6 Å². The van der Waals surface area contributed by atoms with Gasteiger partial charge in [0, 0.05) is 11.6 Å². The molecule has 2 N–H and O–H groups in total. The van der Waals surface area contributed by atoms with E-state index in [9.17, 15) is 14.0 Å². The first kappa shape index (κ1) is 21.6. The Balaban J connectivity index is 1.50. The molecule has 6 nitrogen and oxygen atoms in total. The zero-order valence-corrected chi connectivity index (χ0v) is 16.8. The molecule has 31 heavy (non-hydrogen) atoms. The summed E-state index contributed by atoms with van der Waals surface area (Å²) in [5.41, 5.74) is 6.81. The van der Waals surface area contributed by atoms with Gasteiger partial charge >= 0.3 is 0 Å². The van der Waals surface area contributed by atoms with Crippen molar-refractivity contribution in [3.05, 3.63) is 90.3 Å². The second-order valence-corrected chi connectivity index (χ2v) is 6.42. The van der Waals surface area contributed by atoms with Crippen LogP contribution >= 0.6 is 0 Å². The predicted octanol–water partition coefficient (Wildman–Crippen LogP) is 3.74. The zero-order chi connectivity index (χ0) is 22.1.